The monoisotopic (exact) mass is 304 g/mol. The van der Waals surface area contributed by atoms with Crippen LogP contribution in [0, 0.1) is 0 Å². The summed E-state index contributed by atoms with van der Waals surface area (Å²) in [7, 11) is 0. The maximum Gasteiger partial charge on any atom is 0.183 e. The molecular weight excluding hydrogens is 291 g/mol. The molecule has 1 aromatic rings. The maximum atomic E-state index is 5.99. The minimum Gasteiger partial charge on any atom is -0.336 e. The van der Waals surface area contributed by atoms with Gasteiger partial charge in [-0.05, 0) is 31.5 Å². The third-order valence-electron chi connectivity index (χ3n) is 1.74. The predicted octanol–water partition coefficient (Wildman–Crippen LogP) is 4.47. The highest BCUT2D eigenvalue weighted by Gasteiger charge is 2.14. The second-order valence-electron chi connectivity index (χ2n) is 3.96. The van der Waals surface area contributed by atoms with Crippen LogP contribution in [0.15, 0.2) is 24.8 Å². The van der Waals surface area contributed by atoms with Gasteiger partial charge in [0.1, 0.15) is 6.61 Å². The molecule has 0 amide bonds. The van der Waals surface area contributed by atoms with Crippen molar-refractivity contribution in [1.82, 2.24) is 0 Å². The third-order valence-corrected chi connectivity index (χ3v) is 2.27. The van der Waals surface area contributed by atoms with Crippen molar-refractivity contribution in [3.63, 3.8) is 0 Å². The molecule has 2 nitrogen and oxygen atoms in total. The van der Waals surface area contributed by atoms with Crippen molar-refractivity contribution in [3.05, 3.63) is 35.4 Å². The van der Waals surface area contributed by atoms with E-state index in [0.29, 0.717) is 17.4 Å². The van der Waals surface area contributed by atoms with E-state index in [1.54, 1.807) is 18.2 Å². The number of hydrogen-bond acceptors (Lipinski definition) is 2. The molecule has 0 aromatic heterocycles. The van der Waals surface area contributed by atoms with Gasteiger partial charge in [0, 0.05) is 4.32 Å². The molecule has 4 heteroatoms. The maximum absolute atomic E-state index is 5.99. The standard InChI is InChI=1S/C12H14BrClO2/c1-4-9-5-6-11(10(14)7-9)16-15-8-12(2,3)13/h4-7H,1,8H2,2-3H3. The van der Waals surface area contributed by atoms with Crippen molar-refractivity contribution in [1.29, 1.82) is 0 Å². The summed E-state index contributed by atoms with van der Waals surface area (Å²) in [6.45, 7) is 8.05. The lowest BCUT2D eigenvalue weighted by atomic mass is 10.2. The molecule has 0 saturated carbocycles. The minimum absolute atomic E-state index is 0.124. The van der Waals surface area contributed by atoms with Crippen molar-refractivity contribution in [2.75, 3.05) is 6.61 Å². The molecule has 0 bridgehead atoms. The number of hydrogen-bond donors (Lipinski definition) is 0. The number of benzene rings is 1. The number of alkyl halides is 1. The molecule has 1 aromatic carbocycles. The molecular formula is C12H14BrClO2. The van der Waals surface area contributed by atoms with Crippen LogP contribution in [0.5, 0.6) is 5.75 Å². The lowest BCUT2D eigenvalue weighted by Gasteiger charge is -2.15. The Kier molecular flexibility index (Phi) is 4.84. The van der Waals surface area contributed by atoms with E-state index in [4.69, 9.17) is 21.4 Å². The van der Waals surface area contributed by atoms with Gasteiger partial charge in [0.25, 0.3) is 0 Å². The Bertz CT molecular complexity index is 372. The van der Waals surface area contributed by atoms with Crippen molar-refractivity contribution in [2.45, 2.75) is 18.2 Å². The molecule has 1 rings (SSSR count). The third kappa shape index (κ3) is 4.56. The van der Waals surface area contributed by atoms with Crippen LogP contribution < -0.4 is 4.89 Å². The van der Waals surface area contributed by atoms with E-state index in [1.807, 2.05) is 19.9 Å². The topological polar surface area (TPSA) is 18.5 Å². The molecule has 16 heavy (non-hydrogen) atoms. The minimum atomic E-state index is -0.124. The summed E-state index contributed by atoms with van der Waals surface area (Å²) in [6, 6.07) is 5.38. The first-order chi connectivity index (χ1) is 7.42. The Morgan fingerprint density at radius 2 is 2.19 bits per heavy atom. The Hall–Kier alpha value is -0.510. The second-order valence-corrected chi connectivity index (χ2v) is 6.51. The Balaban J connectivity index is 2.58. The smallest absolute Gasteiger partial charge is 0.183 e. The summed E-state index contributed by atoms with van der Waals surface area (Å²) in [4.78, 5) is 10.2. The van der Waals surface area contributed by atoms with Crippen LogP contribution in [0.2, 0.25) is 5.02 Å². The molecule has 0 aliphatic carbocycles. The van der Waals surface area contributed by atoms with Crippen molar-refractivity contribution in [3.8, 4) is 5.75 Å². The highest BCUT2D eigenvalue weighted by atomic mass is 79.9. The molecule has 0 aliphatic rings. The van der Waals surface area contributed by atoms with E-state index in [0.717, 1.165) is 5.56 Å². The van der Waals surface area contributed by atoms with E-state index in [9.17, 15) is 0 Å². The van der Waals surface area contributed by atoms with Gasteiger partial charge in [-0.1, -0.05) is 46.3 Å². The normalized spacial score (nSPS) is 11.2. The zero-order valence-corrected chi connectivity index (χ0v) is 11.6. The van der Waals surface area contributed by atoms with Crippen molar-refractivity contribution >= 4 is 33.6 Å². The van der Waals surface area contributed by atoms with Crippen LogP contribution >= 0.6 is 27.5 Å². The average molecular weight is 306 g/mol. The lowest BCUT2D eigenvalue weighted by Crippen LogP contribution is -2.19. The van der Waals surface area contributed by atoms with Gasteiger partial charge in [-0.2, -0.15) is 4.89 Å². The fraction of sp³-hybridized carbons (Fsp3) is 0.333. The largest absolute Gasteiger partial charge is 0.336 e. The fourth-order valence-corrected chi connectivity index (χ4v) is 1.26. The summed E-state index contributed by atoms with van der Waals surface area (Å²) in [5.74, 6) is 0.504. The molecule has 0 N–H and O–H groups in total. The Labute approximate surface area is 109 Å². The van der Waals surface area contributed by atoms with Gasteiger partial charge in [0.2, 0.25) is 0 Å². The first-order valence-electron chi connectivity index (χ1n) is 4.83. The summed E-state index contributed by atoms with van der Waals surface area (Å²) in [5, 5.41) is 0.504. The van der Waals surface area contributed by atoms with Crippen LogP contribution in [0.1, 0.15) is 19.4 Å². The van der Waals surface area contributed by atoms with E-state index in [2.05, 4.69) is 22.5 Å². The summed E-state index contributed by atoms with van der Waals surface area (Å²) < 4.78 is -0.124. The quantitative estimate of drug-likeness (QED) is 0.454. The molecule has 0 radical (unpaired) electrons. The highest BCUT2D eigenvalue weighted by Crippen LogP contribution is 2.26. The molecule has 0 atom stereocenters. The first-order valence-corrected chi connectivity index (χ1v) is 6.00. The van der Waals surface area contributed by atoms with E-state index in [1.165, 1.54) is 0 Å². The van der Waals surface area contributed by atoms with Gasteiger partial charge in [0.05, 0.1) is 5.02 Å². The highest BCUT2D eigenvalue weighted by molar-refractivity contribution is 9.10. The zero-order valence-electron chi connectivity index (χ0n) is 9.30. The Morgan fingerprint density at radius 1 is 1.50 bits per heavy atom. The number of halogens is 2. The van der Waals surface area contributed by atoms with Crippen LogP contribution in [0.4, 0.5) is 0 Å². The van der Waals surface area contributed by atoms with Gasteiger partial charge in [-0.15, -0.1) is 0 Å². The predicted molar refractivity (Wildman–Crippen MR) is 71.1 cm³/mol. The van der Waals surface area contributed by atoms with Crippen LogP contribution in [-0.4, -0.2) is 10.9 Å². The van der Waals surface area contributed by atoms with Crippen LogP contribution in [0.25, 0.3) is 6.08 Å². The molecule has 0 fully saturated rings. The van der Waals surface area contributed by atoms with Gasteiger partial charge in [-0.25, -0.2) is 0 Å². The molecule has 0 spiro atoms. The number of rotatable bonds is 5. The van der Waals surface area contributed by atoms with Gasteiger partial charge >= 0.3 is 0 Å². The molecule has 0 heterocycles. The van der Waals surface area contributed by atoms with Gasteiger partial charge in [0.15, 0.2) is 5.75 Å². The first kappa shape index (κ1) is 13.6. The molecule has 0 saturated heterocycles. The van der Waals surface area contributed by atoms with Gasteiger partial charge in [-0.3, -0.25) is 0 Å². The molecule has 0 unspecified atom stereocenters. The molecule has 88 valence electrons. The lowest BCUT2D eigenvalue weighted by molar-refractivity contribution is -0.210. The second kappa shape index (κ2) is 5.71. The van der Waals surface area contributed by atoms with Crippen LogP contribution in [-0.2, 0) is 4.89 Å². The van der Waals surface area contributed by atoms with Crippen LogP contribution in [0.3, 0.4) is 0 Å². The van der Waals surface area contributed by atoms with E-state index < -0.39 is 0 Å². The Morgan fingerprint density at radius 3 is 2.69 bits per heavy atom. The average Bonchev–Trinajstić information content (AvgIpc) is 2.18. The van der Waals surface area contributed by atoms with E-state index in [-0.39, 0.29) is 4.32 Å². The summed E-state index contributed by atoms with van der Waals surface area (Å²) in [6.07, 6.45) is 1.72. The summed E-state index contributed by atoms with van der Waals surface area (Å²) in [5.41, 5.74) is 0.943. The summed E-state index contributed by atoms with van der Waals surface area (Å²) >= 11 is 9.44. The van der Waals surface area contributed by atoms with Crippen molar-refractivity contribution < 1.29 is 9.78 Å². The van der Waals surface area contributed by atoms with E-state index >= 15 is 0 Å². The SMILES string of the molecule is C=Cc1ccc(OOCC(C)(C)Br)c(Cl)c1. The van der Waals surface area contributed by atoms with Crippen molar-refractivity contribution in [2.24, 2.45) is 0 Å². The fourth-order valence-electron chi connectivity index (χ4n) is 0.945. The molecule has 0 aliphatic heterocycles. The van der Waals surface area contributed by atoms with Gasteiger partial charge < -0.3 is 4.89 Å². The zero-order chi connectivity index (χ0) is 12.2.